The molecule has 0 fully saturated rings. The molecular weight excluding hydrogens is 252 g/mol. The second-order valence-corrected chi connectivity index (χ2v) is 4.22. The SMILES string of the molecule is CCc1ccc(C(=O)Nc2ccc(Cl)c(N)c2)o1. The Morgan fingerprint density at radius 1 is 1.39 bits per heavy atom. The number of nitrogens with one attached hydrogen (secondary N) is 1. The van der Waals surface area contributed by atoms with Crippen molar-refractivity contribution in [1.82, 2.24) is 0 Å². The molecule has 0 aliphatic rings. The molecule has 0 saturated heterocycles. The van der Waals surface area contributed by atoms with Crippen LogP contribution in [0.2, 0.25) is 5.02 Å². The number of carbonyl (C=O) groups is 1. The number of rotatable bonds is 3. The van der Waals surface area contributed by atoms with E-state index in [9.17, 15) is 4.79 Å². The average Bonchev–Trinajstić information content (AvgIpc) is 2.82. The maximum absolute atomic E-state index is 11.9. The summed E-state index contributed by atoms with van der Waals surface area (Å²) < 4.78 is 5.35. The molecule has 2 rings (SSSR count). The Bertz CT molecular complexity index is 578. The molecular formula is C13H13ClN2O2. The van der Waals surface area contributed by atoms with Gasteiger partial charge in [-0.15, -0.1) is 0 Å². The van der Waals surface area contributed by atoms with Crippen molar-refractivity contribution in [1.29, 1.82) is 0 Å². The minimum atomic E-state index is -0.309. The second-order valence-electron chi connectivity index (χ2n) is 3.81. The molecule has 0 aliphatic heterocycles. The first-order chi connectivity index (χ1) is 8.60. The summed E-state index contributed by atoms with van der Waals surface area (Å²) in [6.45, 7) is 1.96. The summed E-state index contributed by atoms with van der Waals surface area (Å²) in [7, 11) is 0. The smallest absolute Gasteiger partial charge is 0.291 e. The predicted octanol–water partition coefficient (Wildman–Crippen LogP) is 3.33. The van der Waals surface area contributed by atoms with Gasteiger partial charge in [0.25, 0.3) is 5.91 Å². The van der Waals surface area contributed by atoms with E-state index >= 15 is 0 Å². The van der Waals surface area contributed by atoms with Gasteiger partial charge >= 0.3 is 0 Å². The number of benzene rings is 1. The fourth-order valence-electron chi connectivity index (χ4n) is 1.50. The first-order valence-corrected chi connectivity index (χ1v) is 5.93. The maximum Gasteiger partial charge on any atom is 0.291 e. The number of furan rings is 1. The molecule has 0 radical (unpaired) electrons. The predicted molar refractivity (Wildman–Crippen MR) is 71.9 cm³/mol. The summed E-state index contributed by atoms with van der Waals surface area (Å²) in [5.74, 6) is 0.743. The third-order valence-corrected chi connectivity index (χ3v) is 2.83. The highest BCUT2D eigenvalue weighted by Crippen LogP contribution is 2.22. The van der Waals surface area contributed by atoms with Crippen molar-refractivity contribution in [2.24, 2.45) is 0 Å². The lowest BCUT2D eigenvalue weighted by Crippen LogP contribution is -2.11. The number of carbonyl (C=O) groups excluding carboxylic acids is 1. The van der Waals surface area contributed by atoms with Gasteiger partial charge < -0.3 is 15.5 Å². The van der Waals surface area contributed by atoms with Gasteiger partial charge in [0.05, 0.1) is 10.7 Å². The summed E-state index contributed by atoms with van der Waals surface area (Å²) in [6, 6.07) is 8.34. The fraction of sp³-hybridized carbons (Fsp3) is 0.154. The van der Waals surface area contributed by atoms with Gasteiger partial charge in [-0.3, -0.25) is 4.79 Å². The summed E-state index contributed by atoms with van der Waals surface area (Å²) in [4.78, 5) is 11.9. The van der Waals surface area contributed by atoms with Crippen molar-refractivity contribution < 1.29 is 9.21 Å². The maximum atomic E-state index is 11.9. The Morgan fingerprint density at radius 2 is 2.17 bits per heavy atom. The van der Waals surface area contributed by atoms with E-state index in [4.69, 9.17) is 21.8 Å². The molecule has 0 aliphatic carbocycles. The van der Waals surface area contributed by atoms with Gasteiger partial charge in [-0.2, -0.15) is 0 Å². The van der Waals surface area contributed by atoms with E-state index in [0.717, 1.165) is 12.2 Å². The fourth-order valence-corrected chi connectivity index (χ4v) is 1.62. The van der Waals surface area contributed by atoms with E-state index in [1.807, 2.05) is 6.92 Å². The van der Waals surface area contributed by atoms with Crippen LogP contribution in [0, 0.1) is 0 Å². The van der Waals surface area contributed by atoms with Crippen molar-refractivity contribution in [2.45, 2.75) is 13.3 Å². The zero-order valence-electron chi connectivity index (χ0n) is 9.87. The van der Waals surface area contributed by atoms with Crippen molar-refractivity contribution >= 4 is 28.9 Å². The van der Waals surface area contributed by atoms with Gasteiger partial charge in [-0.25, -0.2) is 0 Å². The molecule has 0 atom stereocenters. The molecule has 1 aromatic carbocycles. The molecule has 0 spiro atoms. The monoisotopic (exact) mass is 264 g/mol. The lowest BCUT2D eigenvalue weighted by Gasteiger charge is -2.05. The highest BCUT2D eigenvalue weighted by atomic mass is 35.5. The van der Waals surface area contributed by atoms with Crippen molar-refractivity contribution in [3.05, 3.63) is 46.9 Å². The summed E-state index contributed by atoms with van der Waals surface area (Å²) in [6.07, 6.45) is 0.751. The van der Waals surface area contributed by atoms with Crippen molar-refractivity contribution in [3.63, 3.8) is 0 Å². The number of hydrogen-bond acceptors (Lipinski definition) is 3. The molecule has 94 valence electrons. The standard InChI is InChI=1S/C13H13ClN2O2/c1-2-9-4-6-12(18-9)13(17)16-8-3-5-10(14)11(15)7-8/h3-7H,2,15H2,1H3,(H,16,17). The Labute approximate surface area is 110 Å². The van der Waals surface area contributed by atoms with Crippen molar-refractivity contribution in [2.75, 3.05) is 11.1 Å². The molecule has 1 heterocycles. The zero-order valence-corrected chi connectivity index (χ0v) is 10.6. The summed E-state index contributed by atoms with van der Waals surface area (Å²) >= 11 is 5.80. The highest BCUT2D eigenvalue weighted by Gasteiger charge is 2.11. The third kappa shape index (κ3) is 2.65. The normalized spacial score (nSPS) is 10.3. The molecule has 4 nitrogen and oxygen atoms in total. The number of amides is 1. The minimum Gasteiger partial charge on any atom is -0.456 e. The second kappa shape index (κ2) is 5.14. The average molecular weight is 265 g/mol. The van der Waals surface area contributed by atoms with Crippen LogP contribution in [0.3, 0.4) is 0 Å². The molecule has 0 saturated carbocycles. The zero-order chi connectivity index (χ0) is 13.1. The Balaban J connectivity index is 2.13. The minimum absolute atomic E-state index is 0.278. The van der Waals surface area contributed by atoms with Gasteiger partial charge in [0, 0.05) is 12.1 Å². The first-order valence-electron chi connectivity index (χ1n) is 5.55. The number of nitrogens with two attached hydrogens (primary N) is 1. The quantitative estimate of drug-likeness (QED) is 0.836. The van der Waals surface area contributed by atoms with Gasteiger partial charge in [0.2, 0.25) is 0 Å². The van der Waals surface area contributed by atoms with Gasteiger partial charge in [0.1, 0.15) is 5.76 Å². The van der Waals surface area contributed by atoms with Crippen LogP contribution in [0.15, 0.2) is 34.7 Å². The largest absolute Gasteiger partial charge is 0.456 e. The first kappa shape index (κ1) is 12.5. The van der Waals surface area contributed by atoms with E-state index in [2.05, 4.69) is 5.32 Å². The molecule has 1 aromatic heterocycles. The van der Waals surface area contributed by atoms with Crippen LogP contribution in [-0.2, 0) is 6.42 Å². The topological polar surface area (TPSA) is 68.3 Å². The van der Waals surface area contributed by atoms with E-state index in [-0.39, 0.29) is 11.7 Å². The van der Waals surface area contributed by atoms with Gasteiger partial charge in [-0.05, 0) is 30.3 Å². The highest BCUT2D eigenvalue weighted by molar-refractivity contribution is 6.33. The van der Waals surface area contributed by atoms with E-state index < -0.39 is 0 Å². The molecule has 0 unspecified atom stereocenters. The van der Waals surface area contributed by atoms with E-state index in [0.29, 0.717) is 16.4 Å². The number of aryl methyl sites for hydroxylation is 1. The van der Waals surface area contributed by atoms with Gasteiger partial charge in [-0.1, -0.05) is 18.5 Å². The summed E-state index contributed by atoms with van der Waals surface area (Å²) in [5.41, 5.74) is 6.65. The van der Waals surface area contributed by atoms with Crippen molar-refractivity contribution in [3.8, 4) is 0 Å². The Morgan fingerprint density at radius 3 is 2.78 bits per heavy atom. The number of hydrogen-bond donors (Lipinski definition) is 2. The number of halogens is 1. The van der Waals surface area contributed by atoms with Crippen LogP contribution in [0.1, 0.15) is 23.2 Å². The van der Waals surface area contributed by atoms with Crippen LogP contribution in [-0.4, -0.2) is 5.91 Å². The van der Waals surface area contributed by atoms with Gasteiger partial charge in [0.15, 0.2) is 5.76 Å². The Kier molecular flexibility index (Phi) is 3.58. The van der Waals surface area contributed by atoms with E-state index in [1.165, 1.54) is 0 Å². The Hall–Kier alpha value is -1.94. The molecule has 18 heavy (non-hydrogen) atoms. The van der Waals surface area contributed by atoms with Crippen LogP contribution < -0.4 is 11.1 Å². The number of anilines is 2. The third-order valence-electron chi connectivity index (χ3n) is 2.49. The summed E-state index contributed by atoms with van der Waals surface area (Å²) in [5, 5.41) is 3.15. The molecule has 5 heteroatoms. The molecule has 0 bridgehead atoms. The molecule has 3 N–H and O–H groups in total. The molecule has 2 aromatic rings. The van der Waals surface area contributed by atoms with Crippen LogP contribution >= 0.6 is 11.6 Å². The molecule has 1 amide bonds. The van der Waals surface area contributed by atoms with Crippen LogP contribution in [0.5, 0.6) is 0 Å². The lowest BCUT2D eigenvalue weighted by atomic mass is 10.2. The van der Waals surface area contributed by atoms with E-state index in [1.54, 1.807) is 30.3 Å². The number of nitrogen functional groups attached to an aromatic ring is 1. The van der Waals surface area contributed by atoms with Crippen LogP contribution in [0.4, 0.5) is 11.4 Å². The lowest BCUT2D eigenvalue weighted by molar-refractivity contribution is 0.0995. The van der Waals surface area contributed by atoms with Crippen LogP contribution in [0.25, 0.3) is 0 Å².